The molecule has 0 atom stereocenters. The Labute approximate surface area is 187 Å². The summed E-state index contributed by atoms with van der Waals surface area (Å²) in [7, 11) is 3.26. The number of benzene rings is 2. The second-order valence-electron chi connectivity index (χ2n) is 6.69. The van der Waals surface area contributed by atoms with Gasteiger partial charge in [-0.05, 0) is 29.8 Å². The van der Waals surface area contributed by atoms with Crippen LogP contribution in [0.3, 0.4) is 0 Å². The van der Waals surface area contributed by atoms with Crippen LogP contribution in [0.2, 0.25) is 0 Å². The molecule has 0 fully saturated rings. The van der Waals surface area contributed by atoms with Gasteiger partial charge < -0.3 is 20.5 Å². The number of nitrogens with zero attached hydrogens (tertiary/aromatic N) is 4. The van der Waals surface area contributed by atoms with Crippen LogP contribution >= 0.6 is 11.3 Å². The van der Waals surface area contributed by atoms with Crippen LogP contribution in [-0.4, -0.2) is 48.5 Å². The Kier molecular flexibility index (Phi) is 6.52. The molecule has 0 aliphatic heterocycles. The molecule has 4 aromatic rings. The second-order valence-corrected chi connectivity index (χ2v) is 7.55. The zero-order chi connectivity index (χ0) is 22.5. The number of nitrogens with two attached hydrogens (primary N) is 1. The van der Waals surface area contributed by atoms with Crippen molar-refractivity contribution in [1.82, 2.24) is 15.0 Å². The van der Waals surface area contributed by atoms with Gasteiger partial charge in [0.05, 0.1) is 38.9 Å². The minimum absolute atomic E-state index is 0.286. The van der Waals surface area contributed by atoms with Crippen LogP contribution in [0.4, 0.5) is 15.9 Å². The van der Waals surface area contributed by atoms with Crippen LogP contribution in [0.1, 0.15) is 5.56 Å². The summed E-state index contributed by atoms with van der Waals surface area (Å²) in [4.78, 5) is 16.9. The van der Waals surface area contributed by atoms with Gasteiger partial charge >= 0.3 is 0 Å². The fraction of sp³-hybridized carbons (Fsp3) is 0.182. The third kappa shape index (κ3) is 4.23. The SMILES string of the molecule is CN=C/C(=C\N)c1cc(OCCOC)c2c(Nc3ccc4ncsc4c3F)ncnc2c1. The van der Waals surface area contributed by atoms with Crippen LogP contribution in [0, 0.1) is 5.82 Å². The van der Waals surface area contributed by atoms with Crippen LogP contribution in [-0.2, 0) is 4.74 Å². The zero-order valence-electron chi connectivity index (χ0n) is 17.5. The van der Waals surface area contributed by atoms with Gasteiger partial charge in [-0.2, -0.15) is 0 Å². The lowest BCUT2D eigenvalue weighted by Crippen LogP contribution is -2.07. The van der Waals surface area contributed by atoms with Crippen molar-refractivity contribution in [1.29, 1.82) is 0 Å². The number of hydrogen-bond acceptors (Lipinski definition) is 9. The summed E-state index contributed by atoms with van der Waals surface area (Å²) in [5, 5.41) is 3.70. The average molecular weight is 453 g/mol. The quantitative estimate of drug-likeness (QED) is 0.305. The van der Waals surface area contributed by atoms with E-state index in [4.69, 9.17) is 15.2 Å². The Morgan fingerprint density at radius 3 is 2.88 bits per heavy atom. The highest BCUT2D eigenvalue weighted by Gasteiger charge is 2.16. The van der Waals surface area contributed by atoms with Crippen molar-refractivity contribution >= 4 is 55.7 Å². The fourth-order valence-electron chi connectivity index (χ4n) is 3.24. The van der Waals surface area contributed by atoms with Gasteiger partial charge in [-0.3, -0.25) is 4.99 Å². The summed E-state index contributed by atoms with van der Waals surface area (Å²) < 4.78 is 26.6. The molecule has 0 saturated carbocycles. The molecule has 2 heterocycles. The van der Waals surface area contributed by atoms with Crippen molar-refractivity contribution in [2.75, 3.05) is 32.7 Å². The van der Waals surface area contributed by atoms with Gasteiger partial charge in [-0.25, -0.2) is 19.3 Å². The molecule has 0 spiro atoms. The average Bonchev–Trinajstić information content (AvgIpc) is 3.29. The number of thiazole rings is 1. The molecule has 32 heavy (non-hydrogen) atoms. The molecule has 3 N–H and O–H groups in total. The van der Waals surface area contributed by atoms with E-state index in [0.717, 1.165) is 5.56 Å². The minimum atomic E-state index is -0.386. The first-order valence-electron chi connectivity index (χ1n) is 9.70. The van der Waals surface area contributed by atoms with E-state index in [1.165, 1.54) is 23.9 Å². The summed E-state index contributed by atoms with van der Waals surface area (Å²) in [6.45, 7) is 0.711. The molecule has 164 valence electrons. The summed E-state index contributed by atoms with van der Waals surface area (Å²) in [5.41, 5.74) is 10.4. The van der Waals surface area contributed by atoms with E-state index in [2.05, 4.69) is 25.3 Å². The van der Waals surface area contributed by atoms with Crippen LogP contribution < -0.4 is 15.8 Å². The standard InChI is InChI=1S/C22H21FN6O2S/c1-25-10-14(9-24)13-7-17-19(18(8-13)31-6-5-30-2)22(27-11-26-17)29-15-3-4-16-21(20(15)23)32-12-28-16/h3-4,7-12H,5-6,24H2,1-2H3,(H,26,27,29)/b14-9+,25-10?. The van der Waals surface area contributed by atoms with Gasteiger partial charge in [-0.15, -0.1) is 11.3 Å². The maximum absolute atomic E-state index is 15.0. The Morgan fingerprint density at radius 1 is 1.22 bits per heavy atom. The summed E-state index contributed by atoms with van der Waals surface area (Å²) in [5.74, 6) is 0.544. The molecule has 0 amide bonds. The first kappa shape index (κ1) is 21.6. The Hall–Kier alpha value is -3.63. The number of anilines is 2. The number of allylic oxidation sites excluding steroid dienone is 1. The maximum Gasteiger partial charge on any atom is 0.166 e. The fourth-order valence-corrected chi connectivity index (χ4v) is 3.96. The first-order chi connectivity index (χ1) is 15.7. The van der Waals surface area contributed by atoms with E-state index < -0.39 is 0 Å². The molecule has 4 rings (SSSR count). The van der Waals surface area contributed by atoms with E-state index in [1.807, 2.05) is 12.1 Å². The molecular formula is C22H21FN6O2S. The molecule has 0 radical (unpaired) electrons. The Bertz CT molecular complexity index is 1320. The van der Waals surface area contributed by atoms with Crippen LogP contribution in [0.5, 0.6) is 5.75 Å². The summed E-state index contributed by atoms with van der Waals surface area (Å²) >= 11 is 1.24. The van der Waals surface area contributed by atoms with Crippen molar-refractivity contribution in [3.8, 4) is 5.75 Å². The molecule has 10 heteroatoms. The number of nitrogens with one attached hydrogen (secondary N) is 1. The van der Waals surface area contributed by atoms with Crippen molar-refractivity contribution < 1.29 is 13.9 Å². The number of ether oxygens (including phenoxy) is 2. The predicted octanol–water partition coefficient (Wildman–Crippen LogP) is 4.15. The molecule has 8 nitrogen and oxygen atoms in total. The lowest BCUT2D eigenvalue weighted by atomic mass is 10.0. The van der Waals surface area contributed by atoms with E-state index in [1.54, 1.807) is 38.0 Å². The lowest BCUT2D eigenvalue weighted by Gasteiger charge is -2.15. The summed E-state index contributed by atoms with van der Waals surface area (Å²) in [6, 6.07) is 7.08. The van der Waals surface area contributed by atoms with Gasteiger partial charge in [-0.1, -0.05) is 0 Å². The predicted molar refractivity (Wildman–Crippen MR) is 126 cm³/mol. The number of aromatic nitrogens is 3. The monoisotopic (exact) mass is 452 g/mol. The number of fused-ring (bicyclic) bond motifs is 2. The van der Waals surface area contributed by atoms with Crippen LogP contribution in [0.15, 0.2) is 47.3 Å². The second kappa shape index (κ2) is 9.67. The topological polar surface area (TPSA) is 108 Å². The number of hydrogen-bond donors (Lipinski definition) is 2. The molecule has 2 aromatic heterocycles. The van der Waals surface area contributed by atoms with E-state index in [9.17, 15) is 0 Å². The zero-order valence-corrected chi connectivity index (χ0v) is 18.3. The smallest absolute Gasteiger partial charge is 0.166 e. The van der Waals surface area contributed by atoms with E-state index >= 15 is 4.39 Å². The molecule has 0 aliphatic rings. The number of aliphatic imine (C=N–C) groups is 1. The molecule has 0 unspecified atom stereocenters. The molecule has 0 bridgehead atoms. The van der Waals surface area contributed by atoms with Crippen molar-refractivity contribution in [2.45, 2.75) is 0 Å². The highest BCUT2D eigenvalue weighted by atomic mass is 32.1. The maximum atomic E-state index is 15.0. The van der Waals surface area contributed by atoms with Crippen molar-refractivity contribution in [3.63, 3.8) is 0 Å². The van der Waals surface area contributed by atoms with Gasteiger partial charge in [0.2, 0.25) is 0 Å². The van der Waals surface area contributed by atoms with E-state index in [0.29, 0.717) is 51.5 Å². The normalized spacial score (nSPS) is 12.2. The number of methoxy groups -OCH3 is 1. The minimum Gasteiger partial charge on any atom is -0.490 e. The van der Waals surface area contributed by atoms with Gasteiger partial charge in [0.1, 0.15) is 24.5 Å². The molecule has 0 saturated heterocycles. The number of halogens is 1. The third-order valence-corrected chi connectivity index (χ3v) is 5.55. The largest absolute Gasteiger partial charge is 0.490 e. The van der Waals surface area contributed by atoms with Gasteiger partial charge in [0, 0.05) is 32.1 Å². The highest BCUT2D eigenvalue weighted by Crippen LogP contribution is 2.36. The lowest BCUT2D eigenvalue weighted by molar-refractivity contribution is 0.147. The molecule has 2 aromatic carbocycles. The Balaban J connectivity index is 1.84. The van der Waals surface area contributed by atoms with E-state index in [-0.39, 0.29) is 11.5 Å². The molecular weight excluding hydrogens is 431 g/mol. The third-order valence-electron chi connectivity index (χ3n) is 4.72. The molecule has 0 aliphatic carbocycles. The number of rotatable bonds is 8. The van der Waals surface area contributed by atoms with Crippen molar-refractivity contribution in [2.24, 2.45) is 10.7 Å². The first-order valence-corrected chi connectivity index (χ1v) is 10.6. The highest BCUT2D eigenvalue weighted by molar-refractivity contribution is 7.16. The van der Waals surface area contributed by atoms with Gasteiger partial charge in [0.25, 0.3) is 0 Å². The van der Waals surface area contributed by atoms with Gasteiger partial charge in [0.15, 0.2) is 5.82 Å². The van der Waals surface area contributed by atoms with Crippen LogP contribution in [0.25, 0.3) is 26.7 Å². The summed E-state index contributed by atoms with van der Waals surface area (Å²) in [6.07, 6.45) is 4.53. The van der Waals surface area contributed by atoms with Crippen molar-refractivity contribution in [3.05, 3.63) is 53.7 Å². The Morgan fingerprint density at radius 2 is 2.09 bits per heavy atom.